The number of amides is 1. The van der Waals surface area contributed by atoms with Gasteiger partial charge in [0, 0.05) is 12.1 Å². The predicted molar refractivity (Wildman–Crippen MR) is 71.2 cm³/mol. The maximum Gasteiger partial charge on any atom is 0.255 e. The average molecular weight is 287 g/mol. The normalized spacial score (nSPS) is 10.9. The van der Waals surface area contributed by atoms with Crippen LogP contribution in [-0.2, 0) is 0 Å². The van der Waals surface area contributed by atoms with E-state index in [4.69, 9.17) is 9.84 Å². The minimum atomic E-state index is -2.64. The van der Waals surface area contributed by atoms with Gasteiger partial charge in [0.05, 0.1) is 19.3 Å². The molecule has 1 rings (SSSR count). The van der Waals surface area contributed by atoms with Gasteiger partial charge in [-0.15, -0.1) is 0 Å². The van der Waals surface area contributed by atoms with Gasteiger partial charge in [0.25, 0.3) is 12.3 Å². The molecule has 0 radical (unpaired) electrons. The molecular formula is C14H19F2NO3. The number of nitrogens with zero attached hydrogens (tertiary/aromatic N) is 1. The molecule has 0 spiro atoms. The summed E-state index contributed by atoms with van der Waals surface area (Å²) in [6.45, 7) is 2.51. The highest BCUT2D eigenvalue weighted by atomic mass is 19.3. The number of hydrogen-bond acceptors (Lipinski definition) is 3. The molecule has 0 unspecified atom stereocenters. The average Bonchev–Trinajstić information content (AvgIpc) is 2.36. The van der Waals surface area contributed by atoms with Gasteiger partial charge in [-0.05, 0) is 32.0 Å². The molecule has 4 nitrogen and oxygen atoms in total. The molecular weight excluding hydrogens is 268 g/mol. The van der Waals surface area contributed by atoms with Crippen molar-refractivity contribution in [2.45, 2.75) is 26.4 Å². The lowest BCUT2D eigenvalue weighted by Crippen LogP contribution is -2.37. The SMILES string of the molecule is CC(C)Oc1cccc(C(=O)N(CCO)CC(F)F)c1. The smallest absolute Gasteiger partial charge is 0.255 e. The Morgan fingerprint density at radius 1 is 1.40 bits per heavy atom. The first-order valence-electron chi connectivity index (χ1n) is 6.39. The number of ether oxygens (including phenoxy) is 1. The van der Waals surface area contributed by atoms with E-state index in [0.29, 0.717) is 5.75 Å². The Kier molecular flexibility index (Phi) is 6.38. The number of carbonyl (C=O) groups is 1. The van der Waals surface area contributed by atoms with Gasteiger partial charge in [-0.2, -0.15) is 0 Å². The van der Waals surface area contributed by atoms with Crippen molar-refractivity contribution in [2.75, 3.05) is 19.7 Å². The summed E-state index contributed by atoms with van der Waals surface area (Å²) in [7, 11) is 0. The zero-order valence-corrected chi connectivity index (χ0v) is 11.6. The van der Waals surface area contributed by atoms with Crippen LogP contribution in [0.3, 0.4) is 0 Å². The van der Waals surface area contributed by atoms with Crippen LogP contribution in [-0.4, -0.2) is 48.1 Å². The molecule has 1 amide bonds. The first-order valence-corrected chi connectivity index (χ1v) is 6.39. The lowest BCUT2D eigenvalue weighted by molar-refractivity contribution is 0.0509. The van der Waals surface area contributed by atoms with Crippen LogP contribution >= 0.6 is 0 Å². The lowest BCUT2D eigenvalue weighted by atomic mass is 10.2. The third-order valence-corrected chi connectivity index (χ3v) is 2.47. The predicted octanol–water partition coefficient (Wildman–Crippen LogP) is 2.17. The fraction of sp³-hybridized carbons (Fsp3) is 0.500. The van der Waals surface area contributed by atoms with E-state index >= 15 is 0 Å². The lowest BCUT2D eigenvalue weighted by Gasteiger charge is -2.21. The second-order valence-electron chi connectivity index (χ2n) is 4.56. The van der Waals surface area contributed by atoms with Crippen molar-refractivity contribution in [2.24, 2.45) is 0 Å². The summed E-state index contributed by atoms with van der Waals surface area (Å²) in [6.07, 6.45) is -2.68. The highest BCUT2D eigenvalue weighted by molar-refractivity contribution is 5.94. The molecule has 0 aliphatic rings. The van der Waals surface area contributed by atoms with Gasteiger partial charge in [0.1, 0.15) is 5.75 Å². The maximum absolute atomic E-state index is 12.4. The fourth-order valence-corrected chi connectivity index (χ4v) is 1.72. The van der Waals surface area contributed by atoms with Crippen molar-refractivity contribution in [3.63, 3.8) is 0 Å². The largest absolute Gasteiger partial charge is 0.491 e. The number of alkyl halides is 2. The van der Waals surface area contributed by atoms with Crippen molar-refractivity contribution in [3.05, 3.63) is 29.8 Å². The fourth-order valence-electron chi connectivity index (χ4n) is 1.72. The van der Waals surface area contributed by atoms with Gasteiger partial charge in [0.15, 0.2) is 0 Å². The number of benzene rings is 1. The van der Waals surface area contributed by atoms with E-state index in [-0.39, 0.29) is 24.8 Å². The Morgan fingerprint density at radius 3 is 2.65 bits per heavy atom. The Morgan fingerprint density at radius 2 is 2.10 bits per heavy atom. The molecule has 1 aromatic rings. The number of carbonyl (C=O) groups excluding carboxylic acids is 1. The van der Waals surface area contributed by atoms with Crippen molar-refractivity contribution in [1.82, 2.24) is 4.90 Å². The summed E-state index contributed by atoms with van der Waals surface area (Å²) in [5.41, 5.74) is 0.261. The number of hydrogen-bond donors (Lipinski definition) is 1. The molecule has 6 heteroatoms. The van der Waals surface area contributed by atoms with E-state index in [0.717, 1.165) is 4.90 Å². The molecule has 0 aromatic heterocycles. The second-order valence-corrected chi connectivity index (χ2v) is 4.56. The van der Waals surface area contributed by atoms with Crippen LogP contribution in [0.1, 0.15) is 24.2 Å². The molecule has 0 saturated heterocycles. The molecule has 112 valence electrons. The summed E-state index contributed by atoms with van der Waals surface area (Å²) < 4.78 is 30.3. The zero-order valence-electron chi connectivity index (χ0n) is 11.6. The second kappa shape index (κ2) is 7.79. The molecule has 20 heavy (non-hydrogen) atoms. The number of halogens is 2. The molecule has 0 fully saturated rings. The molecule has 0 aliphatic heterocycles. The van der Waals surface area contributed by atoms with E-state index in [2.05, 4.69) is 0 Å². The number of aliphatic hydroxyl groups excluding tert-OH is 1. The third kappa shape index (κ3) is 5.13. The molecule has 0 bridgehead atoms. The third-order valence-electron chi connectivity index (χ3n) is 2.47. The van der Waals surface area contributed by atoms with E-state index < -0.39 is 18.9 Å². The monoisotopic (exact) mass is 287 g/mol. The minimum absolute atomic E-state index is 0.0463. The summed E-state index contributed by atoms with van der Waals surface area (Å²) >= 11 is 0. The van der Waals surface area contributed by atoms with Crippen LogP contribution in [0.4, 0.5) is 8.78 Å². The molecule has 1 N–H and O–H groups in total. The van der Waals surface area contributed by atoms with Gasteiger partial charge in [-0.3, -0.25) is 4.79 Å². The van der Waals surface area contributed by atoms with Crippen LogP contribution in [0.25, 0.3) is 0 Å². The summed E-state index contributed by atoms with van der Waals surface area (Å²) in [6, 6.07) is 6.37. The molecule has 0 saturated carbocycles. The topological polar surface area (TPSA) is 49.8 Å². The molecule has 0 aliphatic carbocycles. The van der Waals surface area contributed by atoms with Gasteiger partial charge in [0.2, 0.25) is 0 Å². The summed E-state index contributed by atoms with van der Waals surface area (Å²) in [5, 5.41) is 8.86. The Balaban J connectivity index is 2.87. The van der Waals surface area contributed by atoms with Gasteiger partial charge in [-0.1, -0.05) is 6.07 Å². The van der Waals surface area contributed by atoms with Crippen molar-refractivity contribution in [1.29, 1.82) is 0 Å². The molecule has 0 atom stereocenters. The van der Waals surface area contributed by atoms with Crippen molar-refractivity contribution >= 4 is 5.91 Å². The Labute approximate surface area is 117 Å². The van der Waals surface area contributed by atoms with Gasteiger partial charge in [-0.25, -0.2) is 8.78 Å². The van der Waals surface area contributed by atoms with Crippen LogP contribution in [0.2, 0.25) is 0 Å². The van der Waals surface area contributed by atoms with Crippen LogP contribution in [0, 0.1) is 0 Å². The number of aliphatic hydroxyl groups is 1. The quantitative estimate of drug-likeness (QED) is 0.836. The van der Waals surface area contributed by atoms with E-state index in [1.54, 1.807) is 12.1 Å². The number of rotatable bonds is 7. The summed E-state index contributed by atoms with van der Waals surface area (Å²) in [5.74, 6) is -0.0413. The van der Waals surface area contributed by atoms with Crippen molar-refractivity contribution < 1.29 is 23.4 Å². The van der Waals surface area contributed by atoms with Crippen LogP contribution in [0.15, 0.2) is 24.3 Å². The summed E-state index contributed by atoms with van der Waals surface area (Å²) in [4.78, 5) is 13.1. The van der Waals surface area contributed by atoms with Crippen LogP contribution < -0.4 is 4.74 Å². The maximum atomic E-state index is 12.4. The van der Waals surface area contributed by atoms with Crippen molar-refractivity contribution in [3.8, 4) is 5.75 Å². The standard InChI is InChI=1S/C14H19F2NO3/c1-10(2)20-12-5-3-4-11(8-12)14(19)17(6-7-18)9-13(15)16/h3-5,8,10,13,18H,6-7,9H2,1-2H3. The molecule has 1 aromatic carbocycles. The highest BCUT2D eigenvalue weighted by Crippen LogP contribution is 2.17. The molecule has 0 heterocycles. The van der Waals surface area contributed by atoms with E-state index in [1.807, 2.05) is 13.8 Å². The van der Waals surface area contributed by atoms with E-state index in [1.165, 1.54) is 12.1 Å². The van der Waals surface area contributed by atoms with Gasteiger partial charge < -0.3 is 14.7 Å². The van der Waals surface area contributed by atoms with E-state index in [9.17, 15) is 13.6 Å². The first-order chi connectivity index (χ1) is 9.43. The highest BCUT2D eigenvalue weighted by Gasteiger charge is 2.19. The zero-order chi connectivity index (χ0) is 15.1. The van der Waals surface area contributed by atoms with Crippen LogP contribution in [0.5, 0.6) is 5.75 Å². The minimum Gasteiger partial charge on any atom is -0.491 e. The first kappa shape index (κ1) is 16.4. The Hall–Kier alpha value is -1.69. The van der Waals surface area contributed by atoms with Gasteiger partial charge >= 0.3 is 0 Å². The Bertz CT molecular complexity index is 438.